The predicted octanol–water partition coefficient (Wildman–Crippen LogP) is 4.84. The summed E-state index contributed by atoms with van der Waals surface area (Å²) < 4.78 is 59.5. The summed E-state index contributed by atoms with van der Waals surface area (Å²) in [6.07, 6.45) is -0.764. The van der Waals surface area contributed by atoms with Crippen LogP contribution in [0.5, 0.6) is 0 Å². The minimum atomic E-state index is -3.60. The summed E-state index contributed by atoms with van der Waals surface area (Å²) >= 11 is 0. The summed E-state index contributed by atoms with van der Waals surface area (Å²) in [4.78, 5) is 36.3. The molecule has 198 valence electrons. The van der Waals surface area contributed by atoms with Gasteiger partial charge >= 0.3 is 29.8 Å². The second-order valence-electron chi connectivity index (χ2n) is 8.57. The third-order valence-electron chi connectivity index (χ3n) is 6.02. The van der Waals surface area contributed by atoms with E-state index in [1.807, 2.05) is 18.2 Å². The molecule has 0 bridgehead atoms. The number of amides is 3. The van der Waals surface area contributed by atoms with Gasteiger partial charge in [0.25, 0.3) is 0 Å². The Kier molecular flexibility index (Phi) is 6.75. The highest BCUT2D eigenvalue weighted by Crippen LogP contribution is 2.45. The van der Waals surface area contributed by atoms with Gasteiger partial charge in [0.05, 0.1) is 22.5 Å². The van der Waals surface area contributed by atoms with E-state index in [1.165, 1.54) is 38.4 Å². The Bertz CT molecular complexity index is 1420. The number of halogens is 4. The van der Waals surface area contributed by atoms with Crippen molar-refractivity contribution in [2.75, 3.05) is 34.9 Å². The minimum Gasteiger partial charge on any atom is -0.444 e. The van der Waals surface area contributed by atoms with Gasteiger partial charge in [0.2, 0.25) is 0 Å². The van der Waals surface area contributed by atoms with Crippen LogP contribution in [0.25, 0.3) is 0 Å². The van der Waals surface area contributed by atoms with Crippen molar-refractivity contribution >= 4 is 40.7 Å². The molecule has 3 aromatic carbocycles. The van der Waals surface area contributed by atoms with Crippen LogP contribution in [0.1, 0.15) is 16.7 Å². The van der Waals surface area contributed by atoms with Crippen molar-refractivity contribution in [1.29, 1.82) is 0 Å². The third-order valence-corrected chi connectivity index (χ3v) is 6.02. The van der Waals surface area contributed by atoms with Crippen molar-refractivity contribution in [2.24, 2.45) is 0 Å². The number of ether oxygens (including phenoxy) is 1. The van der Waals surface area contributed by atoms with Gasteiger partial charge in [-0.2, -0.15) is 17.6 Å². The van der Waals surface area contributed by atoms with Gasteiger partial charge in [-0.05, 0) is 42.0 Å². The number of carbonyl (C=O) groups excluding carboxylic acids is 3. The number of nitrogens with one attached hydrogen (secondary N) is 1. The molecule has 2 heterocycles. The van der Waals surface area contributed by atoms with E-state index in [-0.39, 0.29) is 34.9 Å². The van der Waals surface area contributed by atoms with Gasteiger partial charge < -0.3 is 20.3 Å². The molecule has 0 unspecified atom stereocenters. The number of carbonyl (C=O) groups is 3. The first-order valence-electron chi connectivity index (χ1n) is 11.2. The quantitative estimate of drug-likeness (QED) is 0.373. The normalized spacial score (nSPS) is 16.4. The SMILES string of the molecule is CN1C(=O)C(F)(F)c2cc(N)ccc21.CN1C(=O)C(F)(F)c2cc(NC(=O)OCc3ccccc3)ccc21. The van der Waals surface area contributed by atoms with Gasteiger partial charge in [0, 0.05) is 25.5 Å². The Morgan fingerprint density at radius 3 is 1.95 bits per heavy atom. The maximum atomic E-state index is 13.9. The zero-order chi connectivity index (χ0) is 27.8. The fourth-order valence-corrected chi connectivity index (χ4v) is 4.00. The molecule has 0 saturated heterocycles. The van der Waals surface area contributed by atoms with Gasteiger partial charge in [0.1, 0.15) is 6.61 Å². The molecule has 2 aliphatic rings. The maximum Gasteiger partial charge on any atom is 0.411 e. The summed E-state index contributed by atoms with van der Waals surface area (Å²) in [7, 11) is 2.60. The van der Waals surface area contributed by atoms with Crippen LogP contribution in [-0.4, -0.2) is 32.0 Å². The highest BCUT2D eigenvalue weighted by atomic mass is 19.3. The van der Waals surface area contributed by atoms with E-state index >= 15 is 0 Å². The first-order chi connectivity index (χ1) is 17.8. The first kappa shape index (κ1) is 26.5. The molecule has 0 atom stereocenters. The van der Waals surface area contributed by atoms with Crippen molar-refractivity contribution in [2.45, 2.75) is 18.5 Å². The van der Waals surface area contributed by atoms with E-state index in [9.17, 15) is 31.9 Å². The molecule has 2 aliphatic heterocycles. The summed E-state index contributed by atoms with van der Waals surface area (Å²) in [6, 6.07) is 17.0. The van der Waals surface area contributed by atoms with Crippen molar-refractivity contribution < 1.29 is 36.7 Å². The number of alkyl halides is 4. The molecule has 5 rings (SSSR count). The Morgan fingerprint density at radius 1 is 0.842 bits per heavy atom. The molecule has 0 spiro atoms. The molecule has 3 N–H and O–H groups in total. The molecule has 0 aromatic heterocycles. The molecule has 0 saturated carbocycles. The van der Waals surface area contributed by atoms with Crippen LogP contribution in [0.4, 0.5) is 45.1 Å². The molecule has 38 heavy (non-hydrogen) atoms. The van der Waals surface area contributed by atoms with E-state index in [0.717, 1.165) is 27.5 Å². The number of rotatable bonds is 3. The Balaban J connectivity index is 0.000000204. The molecule has 0 radical (unpaired) electrons. The molecule has 8 nitrogen and oxygen atoms in total. The Labute approximate surface area is 214 Å². The van der Waals surface area contributed by atoms with Crippen molar-refractivity contribution in [3.05, 3.63) is 83.4 Å². The first-order valence-corrected chi connectivity index (χ1v) is 11.2. The highest BCUT2D eigenvalue weighted by Gasteiger charge is 2.52. The average Bonchev–Trinajstić information content (AvgIpc) is 3.17. The number of fused-ring (bicyclic) bond motifs is 2. The standard InChI is InChI=1S/C17H14F2N2O3.C9H8F2N2O/c1-21-14-8-7-12(9-13(14)17(18,19)15(21)22)20-16(23)24-10-11-5-3-2-4-6-11;1-13-7-3-2-5(12)4-6(7)9(10,11)8(13)14/h2-9H,10H2,1H3,(H,20,23);2-4H,12H2,1H3. The highest BCUT2D eigenvalue weighted by molar-refractivity contribution is 6.06. The smallest absolute Gasteiger partial charge is 0.411 e. The number of nitrogen functional groups attached to an aromatic ring is 1. The second-order valence-corrected chi connectivity index (χ2v) is 8.57. The lowest BCUT2D eigenvalue weighted by Crippen LogP contribution is -2.31. The van der Waals surface area contributed by atoms with Crippen LogP contribution in [0.2, 0.25) is 0 Å². The number of anilines is 4. The number of hydrogen-bond acceptors (Lipinski definition) is 5. The lowest BCUT2D eigenvalue weighted by molar-refractivity contribution is -0.141. The topological polar surface area (TPSA) is 105 Å². The lowest BCUT2D eigenvalue weighted by Gasteiger charge is -2.10. The van der Waals surface area contributed by atoms with Crippen molar-refractivity contribution in [3.8, 4) is 0 Å². The lowest BCUT2D eigenvalue weighted by atomic mass is 10.1. The summed E-state index contributed by atoms with van der Waals surface area (Å²) in [5, 5.41) is 2.39. The molecular formula is C26H22F4N4O4. The zero-order valence-corrected chi connectivity index (χ0v) is 20.2. The van der Waals surface area contributed by atoms with E-state index in [2.05, 4.69) is 5.32 Å². The predicted molar refractivity (Wildman–Crippen MR) is 132 cm³/mol. The van der Waals surface area contributed by atoms with E-state index < -0.39 is 35.3 Å². The number of hydrogen-bond donors (Lipinski definition) is 2. The number of likely N-dealkylation sites (N-methyl/N-ethyl adjacent to an activating group) is 2. The van der Waals surface area contributed by atoms with Crippen LogP contribution in [-0.2, 0) is 32.8 Å². The fraction of sp³-hybridized carbons (Fsp3) is 0.192. The molecule has 12 heteroatoms. The zero-order valence-electron chi connectivity index (χ0n) is 20.2. The Morgan fingerprint density at radius 2 is 1.37 bits per heavy atom. The van der Waals surface area contributed by atoms with E-state index in [0.29, 0.717) is 0 Å². The van der Waals surface area contributed by atoms with Gasteiger partial charge in [-0.1, -0.05) is 30.3 Å². The average molecular weight is 530 g/mol. The monoisotopic (exact) mass is 530 g/mol. The molecule has 0 fully saturated rings. The minimum absolute atomic E-state index is 0.0645. The van der Waals surface area contributed by atoms with Gasteiger partial charge in [-0.25, -0.2) is 4.79 Å². The summed E-state index contributed by atoms with van der Waals surface area (Å²) in [6.45, 7) is 0.0645. The van der Waals surface area contributed by atoms with Crippen molar-refractivity contribution in [3.63, 3.8) is 0 Å². The van der Waals surface area contributed by atoms with Crippen molar-refractivity contribution in [1.82, 2.24) is 0 Å². The number of nitrogens with zero attached hydrogens (tertiary/aromatic N) is 2. The summed E-state index contributed by atoms with van der Waals surface area (Å²) in [5.41, 5.74) is 6.13. The second kappa shape index (κ2) is 9.69. The van der Waals surface area contributed by atoms with Gasteiger partial charge in [0.15, 0.2) is 0 Å². The van der Waals surface area contributed by atoms with Crippen LogP contribution in [0.15, 0.2) is 66.7 Å². The van der Waals surface area contributed by atoms with Gasteiger partial charge in [-0.3, -0.25) is 14.9 Å². The molecule has 0 aliphatic carbocycles. The van der Waals surface area contributed by atoms with Gasteiger partial charge in [-0.15, -0.1) is 0 Å². The van der Waals surface area contributed by atoms with Crippen LogP contribution in [0, 0.1) is 0 Å². The number of nitrogens with two attached hydrogens (primary N) is 1. The molecular weight excluding hydrogens is 508 g/mol. The van der Waals surface area contributed by atoms with Crippen LogP contribution < -0.4 is 20.9 Å². The van der Waals surface area contributed by atoms with E-state index in [4.69, 9.17) is 10.5 Å². The van der Waals surface area contributed by atoms with Crippen LogP contribution in [0.3, 0.4) is 0 Å². The maximum absolute atomic E-state index is 13.9. The fourth-order valence-electron chi connectivity index (χ4n) is 4.00. The summed E-state index contributed by atoms with van der Waals surface area (Å²) in [5.74, 6) is -9.55. The largest absolute Gasteiger partial charge is 0.444 e. The van der Waals surface area contributed by atoms with E-state index in [1.54, 1.807) is 12.1 Å². The Hall–Kier alpha value is -4.61. The van der Waals surface area contributed by atoms with Crippen LogP contribution >= 0.6 is 0 Å². The third kappa shape index (κ3) is 4.72. The molecule has 3 amide bonds. The molecule has 3 aromatic rings. The number of benzene rings is 3.